The Kier molecular flexibility index (Phi) is 4.81. The van der Waals surface area contributed by atoms with E-state index < -0.39 is 0 Å². The topological polar surface area (TPSA) is 55.1 Å². The summed E-state index contributed by atoms with van der Waals surface area (Å²) in [5.74, 6) is 6.57. The molecule has 1 aromatic carbocycles. The Hall–Kier alpha value is -1.79. The minimum absolute atomic E-state index is 0.0422. The molecule has 3 heteroatoms. The number of carbonyl (C=O) groups is 1. The van der Waals surface area contributed by atoms with Crippen LogP contribution in [0.2, 0.25) is 0 Å². The second-order valence-electron chi connectivity index (χ2n) is 5.61. The zero-order chi connectivity index (χ0) is 14.5. The first-order chi connectivity index (χ1) is 9.60. The molecular formula is C17H22N2O. The van der Waals surface area contributed by atoms with Gasteiger partial charge in [-0.2, -0.15) is 0 Å². The summed E-state index contributed by atoms with van der Waals surface area (Å²) in [5.41, 5.74) is 7.89. The maximum atomic E-state index is 12.3. The van der Waals surface area contributed by atoms with Gasteiger partial charge in [-0.25, -0.2) is 0 Å². The molecule has 0 aromatic heterocycles. The number of rotatable bonds is 4. The van der Waals surface area contributed by atoms with E-state index in [9.17, 15) is 4.79 Å². The molecule has 1 atom stereocenters. The van der Waals surface area contributed by atoms with E-state index in [4.69, 9.17) is 5.73 Å². The Morgan fingerprint density at radius 1 is 1.50 bits per heavy atom. The monoisotopic (exact) mass is 270 g/mol. The van der Waals surface area contributed by atoms with Crippen LogP contribution in [0.3, 0.4) is 0 Å². The molecule has 3 N–H and O–H groups in total. The Bertz CT molecular complexity index is 550. The van der Waals surface area contributed by atoms with Gasteiger partial charge in [-0.05, 0) is 43.9 Å². The molecule has 1 amide bonds. The lowest BCUT2D eigenvalue weighted by Gasteiger charge is -2.14. The van der Waals surface area contributed by atoms with E-state index in [2.05, 4.69) is 24.1 Å². The third-order valence-electron chi connectivity index (χ3n) is 3.51. The van der Waals surface area contributed by atoms with Gasteiger partial charge in [0.2, 0.25) is 0 Å². The molecule has 0 aliphatic heterocycles. The molecule has 0 heterocycles. The van der Waals surface area contributed by atoms with Crippen molar-refractivity contribution < 1.29 is 4.79 Å². The standard InChI is InChI=1S/C17H22N2O/c1-12-5-8-16(15(10-12)4-3-9-18)17(20)19-13(2)11-14-6-7-14/h5,8,10,13-14H,6-7,9,11,18H2,1-2H3,(H,19,20). The van der Waals surface area contributed by atoms with Crippen LogP contribution in [-0.2, 0) is 0 Å². The molecule has 1 aliphatic carbocycles. The molecule has 20 heavy (non-hydrogen) atoms. The lowest BCUT2D eigenvalue weighted by molar-refractivity contribution is 0.0937. The van der Waals surface area contributed by atoms with E-state index >= 15 is 0 Å². The van der Waals surface area contributed by atoms with E-state index in [0.29, 0.717) is 12.1 Å². The first kappa shape index (κ1) is 14.6. The van der Waals surface area contributed by atoms with Crippen molar-refractivity contribution in [2.75, 3.05) is 6.54 Å². The van der Waals surface area contributed by atoms with Gasteiger partial charge in [0.05, 0.1) is 12.1 Å². The van der Waals surface area contributed by atoms with Crippen LogP contribution in [0.5, 0.6) is 0 Å². The van der Waals surface area contributed by atoms with Crippen molar-refractivity contribution in [3.63, 3.8) is 0 Å². The molecule has 0 bridgehead atoms. The van der Waals surface area contributed by atoms with Crippen molar-refractivity contribution in [2.45, 2.75) is 39.2 Å². The Labute approximate surface area is 120 Å². The first-order valence-electron chi connectivity index (χ1n) is 7.20. The molecule has 106 valence electrons. The van der Waals surface area contributed by atoms with Gasteiger partial charge in [0, 0.05) is 11.6 Å². The zero-order valence-corrected chi connectivity index (χ0v) is 12.2. The number of benzene rings is 1. The fourth-order valence-electron chi connectivity index (χ4n) is 2.32. The Morgan fingerprint density at radius 2 is 2.25 bits per heavy atom. The van der Waals surface area contributed by atoms with Gasteiger partial charge in [0.1, 0.15) is 0 Å². The molecule has 0 radical (unpaired) electrons. The van der Waals surface area contributed by atoms with Gasteiger partial charge in [0.15, 0.2) is 0 Å². The van der Waals surface area contributed by atoms with Crippen molar-refractivity contribution in [1.29, 1.82) is 0 Å². The van der Waals surface area contributed by atoms with Crippen LogP contribution in [0.25, 0.3) is 0 Å². The number of hydrogen-bond donors (Lipinski definition) is 2. The number of carbonyl (C=O) groups excluding carboxylic acids is 1. The number of hydrogen-bond acceptors (Lipinski definition) is 2. The Balaban J connectivity index is 2.11. The molecule has 1 fully saturated rings. The second-order valence-corrected chi connectivity index (χ2v) is 5.61. The van der Waals surface area contributed by atoms with Crippen molar-refractivity contribution in [3.8, 4) is 11.8 Å². The fourth-order valence-corrected chi connectivity index (χ4v) is 2.32. The normalized spacial score (nSPS) is 15.2. The van der Waals surface area contributed by atoms with Gasteiger partial charge in [-0.1, -0.05) is 30.7 Å². The third-order valence-corrected chi connectivity index (χ3v) is 3.51. The average molecular weight is 270 g/mol. The molecule has 2 rings (SSSR count). The van der Waals surface area contributed by atoms with Gasteiger partial charge in [-0.3, -0.25) is 4.79 Å². The number of amides is 1. The molecular weight excluding hydrogens is 248 g/mol. The second kappa shape index (κ2) is 6.58. The maximum Gasteiger partial charge on any atom is 0.252 e. The van der Waals surface area contributed by atoms with Gasteiger partial charge in [-0.15, -0.1) is 0 Å². The molecule has 1 unspecified atom stereocenters. The SMILES string of the molecule is Cc1ccc(C(=O)NC(C)CC2CC2)c(C#CCN)c1. The van der Waals surface area contributed by atoms with Gasteiger partial charge < -0.3 is 11.1 Å². The summed E-state index contributed by atoms with van der Waals surface area (Å²) in [7, 11) is 0. The molecule has 1 aliphatic rings. The molecule has 3 nitrogen and oxygen atoms in total. The largest absolute Gasteiger partial charge is 0.350 e. The predicted molar refractivity (Wildman–Crippen MR) is 81.4 cm³/mol. The molecule has 0 saturated heterocycles. The van der Waals surface area contributed by atoms with Gasteiger partial charge >= 0.3 is 0 Å². The van der Waals surface area contributed by atoms with E-state index in [0.717, 1.165) is 23.5 Å². The summed E-state index contributed by atoms with van der Waals surface area (Å²) >= 11 is 0. The van der Waals surface area contributed by atoms with Crippen molar-refractivity contribution in [1.82, 2.24) is 5.32 Å². The summed E-state index contributed by atoms with van der Waals surface area (Å²) in [4.78, 5) is 12.3. The van der Waals surface area contributed by atoms with E-state index in [1.165, 1.54) is 12.8 Å². The highest BCUT2D eigenvalue weighted by Crippen LogP contribution is 2.33. The minimum Gasteiger partial charge on any atom is -0.350 e. The average Bonchev–Trinajstić information content (AvgIpc) is 3.19. The summed E-state index contributed by atoms with van der Waals surface area (Å²) in [6.45, 7) is 4.35. The highest BCUT2D eigenvalue weighted by molar-refractivity contribution is 5.97. The maximum absolute atomic E-state index is 12.3. The highest BCUT2D eigenvalue weighted by atomic mass is 16.1. The van der Waals surface area contributed by atoms with Crippen LogP contribution < -0.4 is 11.1 Å². The summed E-state index contributed by atoms with van der Waals surface area (Å²) in [5, 5.41) is 3.07. The number of nitrogens with one attached hydrogen (secondary N) is 1. The number of nitrogens with two attached hydrogens (primary N) is 1. The summed E-state index contributed by atoms with van der Waals surface area (Å²) in [6, 6.07) is 5.93. The van der Waals surface area contributed by atoms with Crippen LogP contribution in [0.1, 0.15) is 47.7 Å². The van der Waals surface area contributed by atoms with Gasteiger partial charge in [0.25, 0.3) is 5.91 Å². The lowest BCUT2D eigenvalue weighted by Crippen LogP contribution is -2.33. The van der Waals surface area contributed by atoms with Crippen LogP contribution in [0.4, 0.5) is 0 Å². The highest BCUT2D eigenvalue weighted by Gasteiger charge is 2.24. The van der Waals surface area contributed by atoms with Crippen molar-refractivity contribution >= 4 is 5.91 Å². The van der Waals surface area contributed by atoms with Crippen LogP contribution in [-0.4, -0.2) is 18.5 Å². The summed E-state index contributed by atoms with van der Waals surface area (Å²) < 4.78 is 0. The van der Waals surface area contributed by atoms with Crippen molar-refractivity contribution in [3.05, 3.63) is 34.9 Å². The first-order valence-corrected chi connectivity index (χ1v) is 7.20. The van der Waals surface area contributed by atoms with Crippen LogP contribution in [0.15, 0.2) is 18.2 Å². The predicted octanol–water partition coefficient (Wildman–Crippen LogP) is 2.22. The zero-order valence-electron chi connectivity index (χ0n) is 12.2. The Morgan fingerprint density at radius 3 is 2.90 bits per heavy atom. The number of aryl methyl sites for hydroxylation is 1. The fraction of sp³-hybridized carbons (Fsp3) is 0.471. The quantitative estimate of drug-likeness (QED) is 0.824. The van der Waals surface area contributed by atoms with E-state index in [1.54, 1.807) is 0 Å². The summed E-state index contributed by atoms with van der Waals surface area (Å²) in [6.07, 6.45) is 3.68. The van der Waals surface area contributed by atoms with E-state index in [-0.39, 0.29) is 11.9 Å². The van der Waals surface area contributed by atoms with E-state index in [1.807, 2.05) is 25.1 Å². The van der Waals surface area contributed by atoms with Crippen LogP contribution >= 0.6 is 0 Å². The molecule has 1 saturated carbocycles. The van der Waals surface area contributed by atoms with Crippen LogP contribution in [0, 0.1) is 24.7 Å². The molecule has 1 aromatic rings. The molecule has 0 spiro atoms. The van der Waals surface area contributed by atoms with Crippen molar-refractivity contribution in [2.24, 2.45) is 11.7 Å². The minimum atomic E-state index is -0.0422. The smallest absolute Gasteiger partial charge is 0.252 e. The third kappa shape index (κ3) is 4.11. The lowest BCUT2D eigenvalue weighted by atomic mass is 10.0.